The van der Waals surface area contributed by atoms with Gasteiger partial charge in [0.25, 0.3) is 5.91 Å². The van der Waals surface area contributed by atoms with Gasteiger partial charge >= 0.3 is 0 Å². The molecule has 0 aliphatic heterocycles. The lowest BCUT2D eigenvalue weighted by Gasteiger charge is -2.12. The van der Waals surface area contributed by atoms with E-state index in [0.717, 1.165) is 11.3 Å². The van der Waals surface area contributed by atoms with Crippen LogP contribution in [0.25, 0.3) is 5.69 Å². The van der Waals surface area contributed by atoms with Crippen LogP contribution in [0, 0.1) is 6.92 Å². The summed E-state index contributed by atoms with van der Waals surface area (Å²) in [4.78, 5) is 23.8. The molecule has 134 valence electrons. The van der Waals surface area contributed by atoms with Crippen molar-refractivity contribution in [1.82, 2.24) is 20.2 Å². The van der Waals surface area contributed by atoms with Crippen LogP contribution in [0.3, 0.4) is 0 Å². The first-order valence-electron chi connectivity index (χ1n) is 7.66. The number of hydrogen-bond acceptors (Lipinski definition) is 7. The Morgan fingerprint density at radius 1 is 1.31 bits per heavy atom. The maximum Gasteiger partial charge on any atom is 0.251 e. The van der Waals surface area contributed by atoms with Crippen molar-refractivity contribution in [3.8, 4) is 5.69 Å². The van der Waals surface area contributed by atoms with Crippen LogP contribution in [0.15, 0.2) is 40.9 Å². The van der Waals surface area contributed by atoms with Crippen LogP contribution in [0.4, 0.5) is 5.00 Å². The number of primary amides is 1. The summed E-state index contributed by atoms with van der Waals surface area (Å²) >= 11 is 2.47. The predicted molar refractivity (Wildman–Crippen MR) is 101 cm³/mol. The average Bonchev–Trinajstić information content (AvgIpc) is 3.24. The molecule has 2 amide bonds. The van der Waals surface area contributed by atoms with Crippen molar-refractivity contribution in [1.29, 1.82) is 0 Å². The van der Waals surface area contributed by atoms with Gasteiger partial charge in [0.15, 0.2) is 0 Å². The van der Waals surface area contributed by atoms with E-state index in [2.05, 4.69) is 20.8 Å². The number of nitrogens with two attached hydrogens (primary N) is 1. The molecule has 0 saturated carbocycles. The minimum Gasteiger partial charge on any atom is -0.366 e. The van der Waals surface area contributed by atoms with Crippen molar-refractivity contribution in [2.45, 2.75) is 24.3 Å². The lowest BCUT2D eigenvalue weighted by atomic mass is 10.2. The summed E-state index contributed by atoms with van der Waals surface area (Å²) in [6.45, 7) is 3.71. The maximum absolute atomic E-state index is 12.5. The molecule has 0 bridgehead atoms. The molecule has 0 radical (unpaired) electrons. The third-order valence-corrected chi connectivity index (χ3v) is 5.47. The van der Waals surface area contributed by atoms with Gasteiger partial charge in [-0.3, -0.25) is 9.59 Å². The number of anilines is 1. The molecule has 1 unspecified atom stereocenters. The minimum atomic E-state index is -0.578. The quantitative estimate of drug-likeness (QED) is 0.626. The van der Waals surface area contributed by atoms with Crippen LogP contribution in [0.1, 0.15) is 22.8 Å². The van der Waals surface area contributed by atoms with Crippen molar-refractivity contribution >= 4 is 39.9 Å². The largest absolute Gasteiger partial charge is 0.366 e. The number of benzene rings is 1. The summed E-state index contributed by atoms with van der Waals surface area (Å²) in [5.41, 5.74) is 7.46. The van der Waals surface area contributed by atoms with Gasteiger partial charge in [-0.15, -0.1) is 16.4 Å². The Morgan fingerprint density at radius 3 is 2.81 bits per heavy atom. The second kappa shape index (κ2) is 7.67. The molecule has 3 N–H and O–H groups in total. The lowest BCUT2D eigenvalue weighted by Crippen LogP contribution is -2.24. The van der Waals surface area contributed by atoms with Crippen molar-refractivity contribution in [2.24, 2.45) is 5.73 Å². The zero-order valence-corrected chi connectivity index (χ0v) is 15.7. The number of amides is 2. The molecular weight excluding hydrogens is 372 g/mol. The predicted octanol–water partition coefficient (Wildman–Crippen LogP) is 2.25. The van der Waals surface area contributed by atoms with Gasteiger partial charge in [0.2, 0.25) is 11.1 Å². The molecule has 0 spiro atoms. The molecule has 3 aromatic rings. The molecule has 8 nitrogen and oxygen atoms in total. The Hall–Kier alpha value is -2.72. The van der Waals surface area contributed by atoms with E-state index in [1.54, 1.807) is 23.1 Å². The molecule has 26 heavy (non-hydrogen) atoms. The number of hydrogen-bond donors (Lipinski definition) is 2. The minimum absolute atomic E-state index is 0.265. The fraction of sp³-hybridized carbons (Fsp3) is 0.188. The average molecular weight is 388 g/mol. The smallest absolute Gasteiger partial charge is 0.251 e. The number of carbonyl (C=O) groups excluding carboxylic acids is 2. The van der Waals surface area contributed by atoms with Gasteiger partial charge in [-0.1, -0.05) is 30.0 Å². The van der Waals surface area contributed by atoms with E-state index in [1.807, 2.05) is 31.2 Å². The van der Waals surface area contributed by atoms with Gasteiger partial charge in [0.05, 0.1) is 16.5 Å². The Morgan fingerprint density at radius 2 is 2.08 bits per heavy atom. The second-order valence-electron chi connectivity index (χ2n) is 5.44. The van der Waals surface area contributed by atoms with Gasteiger partial charge < -0.3 is 11.1 Å². The second-order valence-corrected chi connectivity index (χ2v) is 7.66. The Labute approximate surface area is 157 Å². The van der Waals surface area contributed by atoms with Gasteiger partial charge in [-0.2, -0.15) is 4.68 Å². The molecular formula is C16H16N6O2S2. The highest BCUT2D eigenvalue weighted by molar-refractivity contribution is 8.00. The fourth-order valence-electron chi connectivity index (χ4n) is 2.23. The molecule has 10 heteroatoms. The van der Waals surface area contributed by atoms with Crippen molar-refractivity contribution in [3.63, 3.8) is 0 Å². The Balaban J connectivity index is 1.75. The molecule has 0 aliphatic rings. The first kappa shape index (κ1) is 18.1. The number of thiophene rings is 1. The van der Waals surface area contributed by atoms with Crippen LogP contribution in [-0.2, 0) is 4.79 Å². The summed E-state index contributed by atoms with van der Waals surface area (Å²) in [6, 6.07) is 9.29. The molecule has 3 rings (SSSR count). The number of aromatic nitrogens is 4. The number of rotatable bonds is 6. The number of thioether (sulfide) groups is 1. The maximum atomic E-state index is 12.5. The number of nitrogens with one attached hydrogen (secondary N) is 1. The van der Waals surface area contributed by atoms with Gasteiger partial charge in [-0.25, -0.2) is 0 Å². The number of carbonyl (C=O) groups is 2. The van der Waals surface area contributed by atoms with E-state index in [1.165, 1.54) is 23.1 Å². The number of nitrogens with zero attached hydrogens (tertiary/aromatic N) is 4. The number of tetrazole rings is 1. The third-order valence-electron chi connectivity index (χ3n) is 3.60. The van der Waals surface area contributed by atoms with E-state index in [-0.39, 0.29) is 5.91 Å². The number of aryl methyl sites for hydroxylation is 1. The van der Waals surface area contributed by atoms with E-state index >= 15 is 0 Å². The first-order valence-corrected chi connectivity index (χ1v) is 9.42. The normalized spacial score (nSPS) is 11.9. The van der Waals surface area contributed by atoms with Crippen molar-refractivity contribution in [2.75, 3.05) is 5.32 Å². The van der Waals surface area contributed by atoms with Crippen LogP contribution < -0.4 is 11.1 Å². The first-order chi connectivity index (χ1) is 12.5. The summed E-state index contributed by atoms with van der Waals surface area (Å²) in [7, 11) is 0. The van der Waals surface area contributed by atoms with E-state index in [0.29, 0.717) is 15.7 Å². The van der Waals surface area contributed by atoms with E-state index in [4.69, 9.17) is 5.73 Å². The summed E-state index contributed by atoms with van der Waals surface area (Å²) in [6.07, 6.45) is 0. The molecule has 2 heterocycles. The Bertz CT molecular complexity index is 952. The van der Waals surface area contributed by atoms with Gasteiger partial charge in [0, 0.05) is 0 Å². The summed E-state index contributed by atoms with van der Waals surface area (Å²) in [5, 5.41) is 16.6. The van der Waals surface area contributed by atoms with Gasteiger partial charge in [-0.05, 0) is 47.4 Å². The SMILES string of the molecule is Cc1ccccc1-n1nnnc1SC(C)C(=O)Nc1sccc1C(N)=O. The highest BCUT2D eigenvalue weighted by Crippen LogP contribution is 2.27. The van der Waals surface area contributed by atoms with E-state index in [9.17, 15) is 9.59 Å². The molecule has 1 aromatic carbocycles. The summed E-state index contributed by atoms with van der Waals surface area (Å²) < 4.78 is 1.60. The standard InChI is InChI=1S/C16H16N6O2S2/c1-9-5-3-4-6-12(9)22-16(19-20-21-22)26-10(2)14(24)18-15-11(13(17)23)7-8-25-15/h3-8,10H,1-2H3,(H2,17,23)(H,18,24). The topological polar surface area (TPSA) is 116 Å². The lowest BCUT2D eigenvalue weighted by molar-refractivity contribution is -0.115. The number of para-hydroxylation sites is 1. The molecule has 1 atom stereocenters. The van der Waals surface area contributed by atoms with Crippen LogP contribution in [0.2, 0.25) is 0 Å². The molecule has 0 saturated heterocycles. The van der Waals surface area contributed by atoms with E-state index < -0.39 is 11.2 Å². The van der Waals surface area contributed by atoms with Crippen molar-refractivity contribution < 1.29 is 9.59 Å². The van der Waals surface area contributed by atoms with Crippen molar-refractivity contribution in [3.05, 3.63) is 46.8 Å². The van der Waals surface area contributed by atoms with Crippen LogP contribution in [0.5, 0.6) is 0 Å². The molecule has 0 aliphatic carbocycles. The summed E-state index contributed by atoms with van der Waals surface area (Å²) in [5.74, 6) is -0.843. The van der Waals surface area contributed by atoms with Crippen LogP contribution in [-0.4, -0.2) is 37.3 Å². The zero-order chi connectivity index (χ0) is 18.7. The van der Waals surface area contributed by atoms with Crippen LogP contribution >= 0.6 is 23.1 Å². The molecule has 0 fully saturated rings. The fourth-order valence-corrected chi connectivity index (χ4v) is 3.83. The highest BCUT2D eigenvalue weighted by atomic mass is 32.2. The Kier molecular flexibility index (Phi) is 5.33. The van der Waals surface area contributed by atoms with Gasteiger partial charge in [0.1, 0.15) is 5.00 Å². The monoisotopic (exact) mass is 388 g/mol. The zero-order valence-electron chi connectivity index (χ0n) is 14.0. The molecule has 2 aromatic heterocycles. The third kappa shape index (κ3) is 3.75. The highest BCUT2D eigenvalue weighted by Gasteiger charge is 2.21.